The quantitative estimate of drug-likeness (QED) is 0.839. The molecule has 1 saturated heterocycles. The van der Waals surface area contributed by atoms with Gasteiger partial charge in [0.2, 0.25) is 10.0 Å². The molecule has 0 radical (unpaired) electrons. The Labute approximate surface area is 145 Å². The van der Waals surface area contributed by atoms with Gasteiger partial charge in [0.15, 0.2) is 0 Å². The second kappa shape index (κ2) is 7.02. The third-order valence-electron chi connectivity index (χ3n) is 4.98. The van der Waals surface area contributed by atoms with Gasteiger partial charge in [-0.25, -0.2) is 8.42 Å². The van der Waals surface area contributed by atoms with E-state index in [0.717, 1.165) is 32.5 Å². The van der Waals surface area contributed by atoms with Crippen LogP contribution in [0.5, 0.6) is 5.75 Å². The lowest BCUT2D eigenvalue weighted by molar-refractivity contribution is 0.108. The lowest BCUT2D eigenvalue weighted by atomic mass is 10.0. The molecule has 2 aliphatic rings. The van der Waals surface area contributed by atoms with E-state index in [-0.39, 0.29) is 18.1 Å². The number of rotatable bonds is 3. The fourth-order valence-electron chi connectivity index (χ4n) is 3.72. The highest BCUT2D eigenvalue weighted by Gasteiger charge is 2.43. The van der Waals surface area contributed by atoms with Crippen LogP contribution in [0.2, 0.25) is 0 Å². The van der Waals surface area contributed by atoms with Crippen LogP contribution in [0.3, 0.4) is 0 Å². The molecule has 0 N–H and O–H groups in total. The third-order valence-corrected chi connectivity index (χ3v) is 6.91. The molecule has 2 heterocycles. The van der Waals surface area contributed by atoms with E-state index >= 15 is 0 Å². The molecule has 0 aromatic heterocycles. The third kappa shape index (κ3) is 3.32. The maximum Gasteiger partial charge on any atom is 0.247 e. The molecule has 0 amide bonds. The van der Waals surface area contributed by atoms with Gasteiger partial charge in [0.25, 0.3) is 0 Å². The number of fused-ring (bicyclic) bond motifs is 2. The van der Waals surface area contributed by atoms with Gasteiger partial charge in [-0.05, 0) is 44.0 Å². The minimum Gasteiger partial charge on any atom is -0.487 e. The fraction of sp³-hybridized carbons (Fsp3) is 0.667. The zero-order chi connectivity index (χ0) is 17.3. The molecule has 3 rings (SSSR count). The summed E-state index contributed by atoms with van der Waals surface area (Å²) in [6.07, 6.45) is 1.59. The summed E-state index contributed by atoms with van der Waals surface area (Å²) in [5.41, 5.74) is 0. The molecule has 134 valence electrons. The first-order valence-electron chi connectivity index (χ1n) is 8.93. The van der Waals surface area contributed by atoms with E-state index < -0.39 is 10.0 Å². The van der Waals surface area contributed by atoms with Crippen molar-refractivity contribution in [1.29, 1.82) is 0 Å². The summed E-state index contributed by atoms with van der Waals surface area (Å²) < 4.78 is 34.6. The van der Waals surface area contributed by atoms with Crippen molar-refractivity contribution in [2.45, 2.75) is 50.7 Å². The minimum absolute atomic E-state index is 0.0845. The zero-order valence-corrected chi connectivity index (χ0v) is 15.6. The van der Waals surface area contributed by atoms with Crippen molar-refractivity contribution in [1.82, 2.24) is 9.21 Å². The number of likely N-dealkylation sites (tertiary alicyclic amines) is 1. The van der Waals surface area contributed by atoms with E-state index in [9.17, 15) is 8.42 Å². The van der Waals surface area contributed by atoms with Crippen molar-refractivity contribution in [3.05, 3.63) is 24.3 Å². The van der Waals surface area contributed by atoms with Gasteiger partial charge in [-0.15, -0.1) is 0 Å². The molecule has 0 saturated carbocycles. The highest BCUT2D eigenvalue weighted by atomic mass is 32.2. The van der Waals surface area contributed by atoms with E-state index in [2.05, 4.69) is 25.7 Å². The Kier molecular flexibility index (Phi) is 5.18. The van der Waals surface area contributed by atoms with Crippen molar-refractivity contribution >= 4 is 10.0 Å². The molecular weight excluding hydrogens is 324 g/mol. The van der Waals surface area contributed by atoms with Crippen molar-refractivity contribution < 1.29 is 13.2 Å². The molecule has 6 heteroatoms. The first kappa shape index (κ1) is 17.7. The number of hydrogen-bond donors (Lipinski definition) is 0. The van der Waals surface area contributed by atoms with Crippen LogP contribution in [-0.2, 0) is 10.0 Å². The van der Waals surface area contributed by atoms with E-state index in [1.165, 1.54) is 0 Å². The van der Waals surface area contributed by atoms with Crippen LogP contribution in [0.1, 0.15) is 33.6 Å². The topological polar surface area (TPSA) is 49.9 Å². The van der Waals surface area contributed by atoms with Crippen LogP contribution in [0.4, 0.5) is 0 Å². The second-order valence-electron chi connectivity index (χ2n) is 7.15. The van der Waals surface area contributed by atoms with E-state index in [1.807, 2.05) is 6.07 Å². The second-order valence-corrected chi connectivity index (χ2v) is 9.01. The van der Waals surface area contributed by atoms with Gasteiger partial charge < -0.3 is 9.64 Å². The molecule has 5 nitrogen and oxygen atoms in total. The molecule has 1 aromatic carbocycles. The summed E-state index contributed by atoms with van der Waals surface area (Å²) in [5, 5.41) is 0. The molecule has 0 unspecified atom stereocenters. The van der Waals surface area contributed by atoms with Crippen LogP contribution < -0.4 is 4.74 Å². The molecule has 1 aromatic rings. The molecule has 0 bridgehead atoms. The molecule has 24 heavy (non-hydrogen) atoms. The lowest BCUT2D eigenvalue weighted by Crippen LogP contribution is -2.48. The van der Waals surface area contributed by atoms with E-state index in [4.69, 9.17) is 4.74 Å². The maximum atomic E-state index is 13.3. The summed E-state index contributed by atoms with van der Waals surface area (Å²) in [6, 6.07) is 6.97. The first-order valence-corrected chi connectivity index (χ1v) is 10.4. The number of benzene rings is 1. The summed E-state index contributed by atoms with van der Waals surface area (Å²) in [6.45, 7) is 9.69. The average molecular weight is 353 g/mol. The van der Waals surface area contributed by atoms with Crippen LogP contribution in [0, 0.1) is 5.92 Å². The summed E-state index contributed by atoms with van der Waals surface area (Å²) in [4.78, 5) is 2.69. The number of hydrogen-bond acceptors (Lipinski definition) is 4. The predicted octanol–water partition coefficient (Wildman–Crippen LogP) is 2.58. The van der Waals surface area contributed by atoms with Gasteiger partial charge in [-0.1, -0.05) is 32.9 Å². The first-order chi connectivity index (χ1) is 11.4. The van der Waals surface area contributed by atoms with E-state index in [0.29, 0.717) is 17.2 Å². The molecule has 0 aliphatic carbocycles. The molecular formula is C18H28N2O3S. The predicted molar refractivity (Wildman–Crippen MR) is 94.7 cm³/mol. The Bertz CT molecular complexity index is 675. The number of nitrogens with zero attached hydrogens (tertiary/aromatic N) is 2. The average Bonchev–Trinajstić information content (AvgIpc) is 2.78. The van der Waals surface area contributed by atoms with Gasteiger partial charge in [0.05, 0.1) is 6.04 Å². The van der Waals surface area contributed by atoms with Crippen molar-refractivity contribution in [2.24, 2.45) is 5.92 Å². The lowest BCUT2D eigenvalue weighted by Gasteiger charge is -2.32. The van der Waals surface area contributed by atoms with Gasteiger partial charge in [0.1, 0.15) is 16.7 Å². The minimum atomic E-state index is -3.54. The zero-order valence-electron chi connectivity index (χ0n) is 14.8. The van der Waals surface area contributed by atoms with Gasteiger partial charge in [-0.3, -0.25) is 0 Å². The highest BCUT2D eigenvalue weighted by Crippen LogP contribution is 2.36. The van der Waals surface area contributed by atoms with Crippen LogP contribution in [0.15, 0.2) is 29.2 Å². The molecule has 0 spiro atoms. The SMILES string of the molecule is CCN1CC[C@@H]2[C@@H](CC1)Oc1ccccc1S(=O)(=O)N2CC(C)C. The Morgan fingerprint density at radius 3 is 2.62 bits per heavy atom. The Hall–Kier alpha value is -1.11. The Morgan fingerprint density at radius 1 is 1.21 bits per heavy atom. The Morgan fingerprint density at radius 2 is 1.92 bits per heavy atom. The van der Waals surface area contributed by atoms with Crippen molar-refractivity contribution in [2.75, 3.05) is 26.2 Å². The van der Waals surface area contributed by atoms with Gasteiger partial charge in [-0.2, -0.15) is 4.31 Å². The standard InChI is InChI=1S/C18H28N2O3S/c1-4-19-11-9-15-16(10-12-19)23-17-7-5-6-8-18(17)24(21,22)20(15)13-14(2)3/h5-8,14-16H,4,9-13H2,1-3H3/t15-,16-/m1/s1. The maximum absolute atomic E-state index is 13.3. The van der Waals surface area contributed by atoms with Crippen molar-refractivity contribution in [3.8, 4) is 5.75 Å². The summed E-state index contributed by atoms with van der Waals surface area (Å²) in [5.74, 6) is 0.778. The van der Waals surface area contributed by atoms with Gasteiger partial charge >= 0.3 is 0 Å². The molecule has 2 atom stereocenters. The number of ether oxygens (including phenoxy) is 1. The van der Waals surface area contributed by atoms with Crippen LogP contribution in [0.25, 0.3) is 0 Å². The Balaban J connectivity index is 2.05. The van der Waals surface area contributed by atoms with Crippen molar-refractivity contribution in [3.63, 3.8) is 0 Å². The van der Waals surface area contributed by atoms with Crippen LogP contribution >= 0.6 is 0 Å². The fourth-order valence-corrected chi connectivity index (χ4v) is 5.69. The normalized spacial score (nSPS) is 27.7. The molecule has 1 fully saturated rings. The van der Waals surface area contributed by atoms with Crippen LogP contribution in [-0.4, -0.2) is 55.9 Å². The summed E-state index contributed by atoms with van der Waals surface area (Å²) in [7, 11) is -3.54. The molecule has 2 aliphatic heterocycles. The highest BCUT2D eigenvalue weighted by molar-refractivity contribution is 7.89. The monoisotopic (exact) mass is 352 g/mol. The van der Waals surface area contributed by atoms with Gasteiger partial charge in [0, 0.05) is 13.1 Å². The smallest absolute Gasteiger partial charge is 0.247 e. The van der Waals surface area contributed by atoms with E-state index in [1.54, 1.807) is 22.5 Å². The largest absolute Gasteiger partial charge is 0.487 e. The number of para-hydroxylation sites is 1. The summed E-state index contributed by atoms with van der Waals surface area (Å²) >= 11 is 0. The number of sulfonamides is 1.